The van der Waals surface area contributed by atoms with Crippen molar-refractivity contribution in [3.8, 4) is 0 Å². The Hall–Kier alpha value is -1.59. The summed E-state index contributed by atoms with van der Waals surface area (Å²) in [6.07, 6.45) is 9.92. The molecular weight excluding hydrogens is 324 g/mol. The molecule has 1 aromatic heterocycles. The molecule has 1 fully saturated rings. The Balaban J connectivity index is 1.72. The van der Waals surface area contributed by atoms with Crippen LogP contribution in [0.15, 0.2) is 4.99 Å². The van der Waals surface area contributed by atoms with Gasteiger partial charge < -0.3 is 14.8 Å². The number of guanidine groups is 1. The van der Waals surface area contributed by atoms with Gasteiger partial charge in [-0.05, 0) is 44.4 Å². The number of likely N-dealkylation sites (tertiary alicyclic amines) is 1. The Morgan fingerprint density at radius 2 is 2.04 bits per heavy atom. The number of nitrogens with zero attached hydrogens (tertiary/aromatic N) is 5. The van der Waals surface area contributed by atoms with Crippen LogP contribution in [0.4, 0.5) is 0 Å². The number of nitrogens with one attached hydrogen (secondary N) is 1. The molecule has 6 nitrogen and oxygen atoms in total. The molecule has 3 heterocycles. The van der Waals surface area contributed by atoms with Crippen molar-refractivity contribution in [3.63, 3.8) is 0 Å². The Morgan fingerprint density at radius 1 is 1.15 bits per heavy atom. The summed E-state index contributed by atoms with van der Waals surface area (Å²) < 4.78 is 2.30. The van der Waals surface area contributed by atoms with E-state index in [1.54, 1.807) is 0 Å². The molecule has 1 atom stereocenters. The lowest BCUT2D eigenvalue weighted by Gasteiger charge is -2.42. The molecule has 2 aliphatic heterocycles. The fourth-order valence-electron chi connectivity index (χ4n) is 4.54. The fraction of sp³-hybridized carbons (Fsp3) is 0.850. The summed E-state index contributed by atoms with van der Waals surface area (Å²) in [7, 11) is 0. The molecule has 1 aromatic rings. The zero-order valence-corrected chi connectivity index (χ0v) is 16.9. The maximum absolute atomic E-state index is 4.95. The van der Waals surface area contributed by atoms with Crippen molar-refractivity contribution in [1.29, 1.82) is 0 Å². The highest BCUT2D eigenvalue weighted by atomic mass is 15.3. The van der Waals surface area contributed by atoms with Crippen LogP contribution in [0, 0.1) is 5.41 Å². The summed E-state index contributed by atoms with van der Waals surface area (Å²) in [6, 6.07) is 0. The second kappa shape index (κ2) is 8.87. The van der Waals surface area contributed by atoms with Gasteiger partial charge in [0, 0.05) is 32.6 Å². The van der Waals surface area contributed by atoms with Crippen LogP contribution in [0.5, 0.6) is 0 Å². The van der Waals surface area contributed by atoms with Crippen LogP contribution in [0.2, 0.25) is 0 Å². The van der Waals surface area contributed by atoms with Crippen LogP contribution >= 0.6 is 0 Å². The molecule has 6 heteroatoms. The number of fused-ring (bicyclic) bond motifs is 1. The van der Waals surface area contributed by atoms with Gasteiger partial charge in [-0.3, -0.25) is 0 Å². The van der Waals surface area contributed by atoms with E-state index in [1.807, 2.05) is 0 Å². The topological polar surface area (TPSA) is 58.3 Å². The second-order valence-corrected chi connectivity index (χ2v) is 8.25. The molecule has 1 unspecified atom stereocenters. The quantitative estimate of drug-likeness (QED) is 0.646. The summed E-state index contributed by atoms with van der Waals surface area (Å²) in [5.74, 6) is 3.21. The molecule has 0 aromatic carbocycles. The van der Waals surface area contributed by atoms with Gasteiger partial charge in [0.1, 0.15) is 12.4 Å². The highest BCUT2D eigenvalue weighted by Gasteiger charge is 2.31. The Labute approximate surface area is 158 Å². The van der Waals surface area contributed by atoms with E-state index in [4.69, 9.17) is 4.99 Å². The smallest absolute Gasteiger partial charge is 0.194 e. The molecule has 0 saturated carbocycles. The van der Waals surface area contributed by atoms with E-state index in [0.717, 1.165) is 50.2 Å². The molecule has 2 aliphatic rings. The average Bonchev–Trinajstić information content (AvgIpc) is 2.85. The molecule has 26 heavy (non-hydrogen) atoms. The molecule has 0 bridgehead atoms. The SMILES string of the molecule is CCCC1(C)CCCN(C(=NCc2nnc3n2CCCCC3)NCC)C1. The van der Waals surface area contributed by atoms with Crippen LogP contribution in [0.25, 0.3) is 0 Å². The molecule has 146 valence electrons. The number of aryl methyl sites for hydroxylation is 1. The first-order chi connectivity index (χ1) is 12.6. The summed E-state index contributed by atoms with van der Waals surface area (Å²) in [4.78, 5) is 7.41. The molecule has 0 aliphatic carbocycles. The lowest BCUT2D eigenvalue weighted by Crippen LogP contribution is -2.49. The standard InChI is InChI=1S/C20H36N6/c1-4-11-20(3)12-9-13-25(16-20)19(21-5-2)22-15-18-24-23-17-10-7-6-8-14-26(17)18/h4-16H2,1-3H3,(H,21,22). The van der Waals surface area contributed by atoms with Crippen molar-refractivity contribution >= 4 is 5.96 Å². The summed E-state index contributed by atoms with van der Waals surface area (Å²) in [5, 5.41) is 12.4. The minimum atomic E-state index is 0.412. The van der Waals surface area contributed by atoms with Crippen molar-refractivity contribution < 1.29 is 0 Å². The highest BCUT2D eigenvalue weighted by molar-refractivity contribution is 5.80. The van der Waals surface area contributed by atoms with E-state index >= 15 is 0 Å². The van der Waals surface area contributed by atoms with Gasteiger partial charge in [-0.1, -0.05) is 26.7 Å². The van der Waals surface area contributed by atoms with Crippen molar-refractivity contribution in [2.75, 3.05) is 19.6 Å². The first-order valence-electron chi connectivity index (χ1n) is 10.6. The van der Waals surface area contributed by atoms with Crippen molar-refractivity contribution in [1.82, 2.24) is 25.0 Å². The lowest BCUT2D eigenvalue weighted by molar-refractivity contribution is 0.142. The maximum atomic E-state index is 4.95. The van der Waals surface area contributed by atoms with E-state index in [1.165, 1.54) is 44.9 Å². The van der Waals surface area contributed by atoms with Gasteiger partial charge in [-0.2, -0.15) is 0 Å². The molecular formula is C20H36N6. The minimum absolute atomic E-state index is 0.412. The van der Waals surface area contributed by atoms with Crippen molar-refractivity contribution in [2.24, 2.45) is 10.4 Å². The van der Waals surface area contributed by atoms with E-state index < -0.39 is 0 Å². The van der Waals surface area contributed by atoms with Crippen LogP contribution in [0.3, 0.4) is 0 Å². The van der Waals surface area contributed by atoms with Crippen molar-refractivity contribution in [2.45, 2.75) is 85.2 Å². The number of rotatable bonds is 5. The molecule has 0 amide bonds. The fourth-order valence-corrected chi connectivity index (χ4v) is 4.54. The van der Waals surface area contributed by atoms with Crippen LogP contribution in [-0.2, 0) is 19.5 Å². The minimum Gasteiger partial charge on any atom is -0.357 e. The largest absolute Gasteiger partial charge is 0.357 e. The van der Waals surface area contributed by atoms with Gasteiger partial charge in [0.05, 0.1) is 0 Å². The normalized spacial score (nSPS) is 24.3. The third kappa shape index (κ3) is 4.57. The zero-order chi connectivity index (χ0) is 18.4. The van der Waals surface area contributed by atoms with Gasteiger partial charge in [0.25, 0.3) is 0 Å². The zero-order valence-electron chi connectivity index (χ0n) is 16.9. The first kappa shape index (κ1) is 19.2. The number of hydrogen-bond acceptors (Lipinski definition) is 3. The number of piperidine rings is 1. The van der Waals surface area contributed by atoms with E-state index in [-0.39, 0.29) is 0 Å². The van der Waals surface area contributed by atoms with E-state index in [9.17, 15) is 0 Å². The Bertz CT molecular complexity index is 603. The molecule has 1 N–H and O–H groups in total. The number of hydrogen-bond donors (Lipinski definition) is 1. The third-order valence-corrected chi connectivity index (χ3v) is 5.83. The van der Waals surface area contributed by atoms with E-state index in [2.05, 4.69) is 45.8 Å². The van der Waals surface area contributed by atoms with Gasteiger partial charge in [-0.25, -0.2) is 4.99 Å². The third-order valence-electron chi connectivity index (χ3n) is 5.83. The monoisotopic (exact) mass is 360 g/mol. The van der Waals surface area contributed by atoms with Crippen molar-refractivity contribution in [3.05, 3.63) is 11.6 Å². The lowest BCUT2D eigenvalue weighted by atomic mass is 9.78. The van der Waals surface area contributed by atoms with Gasteiger partial charge in [0.15, 0.2) is 11.8 Å². The van der Waals surface area contributed by atoms with Gasteiger partial charge >= 0.3 is 0 Å². The Morgan fingerprint density at radius 3 is 2.85 bits per heavy atom. The summed E-state index contributed by atoms with van der Waals surface area (Å²) in [5.41, 5.74) is 0.412. The van der Waals surface area contributed by atoms with Crippen LogP contribution in [-0.4, -0.2) is 45.3 Å². The first-order valence-corrected chi connectivity index (χ1v) is 10.6. The molecule has 3 rings (SSSR count). The van der Waals surface area contributed by atoms with E-state index in [0.29, 0.717) is 12.0 Å². The van der Waals surface area contributed by atoms with Gasteiger partial charge in [-0.15, -0.1) is 10.2 Å². The maximum Gasteiger partial charge on any atom is 0.194 e. The average molecular weight is 361 g/mol. The van der Waals surface area contributed by atoms with Crippen LogP contribution in [0.1, 0.15) is 77.4 Å². The predicted molar refractivity (Wildman–Crippen MR) is 106 cm³/mol. The Kier molecular flexibility index (Phi) is 6.54. The van der Waals surface area contributed by atoms with Crippen LogP contribution < -0.4 is 5.32 Å². The van der Waals surface area contributed by atoms with Gasteiger partial charge in [0.2, 0.25) is 0 Å². The molecule has 0 spiro atoms. The molecule has 0 radical (unpaired) electrons. The number of aromatic nitrogens is 3. The number of aliphatic imine (C=N–C) groups is 1. The molecule has 1 saturated heterocycles. The summed E-state index contributed by atoms with van der Waals surface area (Å²) >= 11 is 0. The predicted octanol–water partition coefficient (Wildman–Crippen LogP) is 3.37. The highest BCUT2D eigenvalue weighted by Crippen LogP contribution is 2.34. The summed E-state index contributed by atoms with van der Waals surface area (Å²) in [6.45, 7) is 11.6. The second-order valence-electron chi connectivity index (χ2n) is 8.25.